The number of fused-ring (bicyclic) bond motifs is 1. The number of hydrogen-bond donors (Lipinski definition) is 0. The Morgan fingerprint density at radius 1 is 0.980 bits per heavy atom. The van der Waals surface area contributed by atoms with Crippen molar-refractivity contribution >= 4 is 29.5 Å². The van der Waals surface area contributed by atoms with E-state index in [1.807, 2.05) is 84.9 Å². The van der Waals surface area contributed by atoms with Gasteiger partial charge in [0.25, 0.3) is 0 Å². The molecule has 0 aliphatic carbocycles. The highest BCUT2D eigenvalue weighted by Gasteiger charge is 2.38. The van der Waals surface area contributed by atoms with Gasteiger partial charge < -0.3 is 28.7 Å². The van der Waals surface area contributed by atoms with Gasteiger partial charge in [-0.15, -0.1) is 0 Å². The summed E-state index contributed by atoms with van der Waals surface area (Å²) in [6.07, 6.45) is 0.769. The monoisotopic (exact) mass is 691 g/mol. The van der Waals surface area contributed by atoms with Crippen molar-refractivity contribution in [2.75, 3.05) is 31.1 Å². The molecule has 49 heavy (non-hydrogen) atoms. The first-order chi connectivity index (χ1) is 23.1. The maximum absolute atomic E-state index is 13.0. The summed E-state index contributed by atoms with van der Waals surface area (Å²) in [6.45, 7) is 18.5. The van der Waals surface area contributed by atoms with E-state index in [4.69, 9.17) is 35.5 Å². The number of carbonyl (C=O) groups excluding carboxylic acids is 2. The van der Waals surface area contributed by atoms with Gasteiger partial charge in [0, 0.05) is 38.3 Å². The molecule has 0 N–H and O–H groups in total. The number of pyridine rings is 1. The lowest BCUT2D eigenvalue weighted by Crippen LogP contribution is -2.49. The van der Waals surface area contributed by atoms with E-state index in [0.717, 1.165) is 40.2 Å². The van der Waals surface area contributed by atoms with E-state index >= 15 is 0 Å². The molecule has 5 rings (SSSR count). The standard InChI is InChI=1S/C39H50ClN3O6/c1-9-46-33-23-42(19-17-29(33)36(44)48-38(3,4)5)34-15-11-14-32(41-34)28-12-10-13-31(40)35(28)47-24-26-20-25(2)30-22-43(18-16-27(30)21-26)37(45)49-39(6,7)8/h10-15,20-21,29,33H,9,16-19,22-24H2,1-8H3/t29-,33+/m0/s1. The largest absolute Gasteiger partial charge is 0.487 e. The SMILES string of the molecule is CCO[C@@H]1CN(c2cccc(-c3cccc(Cl)c3OCc3cc(C)c4c(c3)CCN(C(=O)OC(C)(C)C)C4)n2)CC[C@@H]1C(=O)OC(C)(C)C. The molecule has 264 valence electrons. The third kappa shape index (κ3) is 9.25. The highest BCUT2D eigenvalue weighted by atomic mass is 35.5. The van der Waals surface area contributed by atoms with E-state index in [0.29, 0.717) is 56.6 Å². The summed E-state index contributed by atoms with van der Waals surface area (Å²) in [5.41, 5.74) is 4.96. The van der Waals surface area contributed by atoms with Gasteiger partial charge in [0.15, 0.2) is 0 Å². The Labute approximate surface area is 295 Å². The summed E-state index contributed by atoms with van der Waals surface area (Å²) in [6, 6.07) is 15.9. The molecule has 9 nitrogen and oxygen atoms in total. The molecule has 3 heterocycles. The Morgan fingerprint density at radius 2 is 1.71 bits per heavy atom. The summed E-state index contributed by atoms with van der Waals surface area (Å²) >= 11 is 6.74. The lowest BCUT2D eigenvalue weighted by Gasteiger charge is -2.38. The van der Waals surface area contributed by atoms with Gasteiger partial charge in [0.1, 0.15) is 29.4 Å². The van der Waals surface area contributed by atoms with Crippen LogP contribution in [0.3, 0.4) is 0 Å². The maximum atomic E-state index is 13.0. The Morgan fingerprint density at radius 3 is 2.43 bits per heavy atom. The van der Waals surface area contributed by atoms with Gasteiger partial charge in [-0.2, -0.15) is 0 Å². The molecule has 2 aromatic carbocycles. The molecule has 1 fully saturated rings. The Hall–Kier alpha value is -3.82. The number of carbonyl (C=O) groups is 2. The minimum absolute atomic E-state index is 0.218. The fraction of sp³-hybridized carbons (Fsp3) is 0.513. The number of halogens is 1. The summed E-state index contributed by atoms with van der Waals surface area (Å²) < 4.78 is 23.8. The van der Waals surface area contributed by atoms with Crippen LogP contribution >= 0.6 is 11.6 Å². The third-order valence-corrected chi connectivity index (χ3v) is 8.91. The van der Waals surface area contributed by atoms with E-state index < -0.39 is 11.2 Å². The van der Waals surface area contributed by atoms with Crippen molar-refractivity contribution in [2.45, 2.75) is 98.7 Å². The van der Waals surface area contributed by atoms with Crippen molar-refractivity contribution in [3.05, 3.63) is 75.8 Å². The lowest BCUT2D eigenvalue weighted by molar-refractivity contribution is -0.166. The average Bonchev–Trinajstić information content (AvgIpc) is 3.02. The number of aromatic nitrogens is 1. The molecule has 1 saturated heterocycles. The Balaban J connectivity index is 1.31. The fourth-order valence-electron chi connectivity index (χ4n) is 6.43. The molecule has 0 saturated carbocycles. The highest BCUT2D eigenvalue weighted by molar-refractivity contribution is 6.32. The molecular weight excluding hydrogens is 642 g/mol. The summed E-state index contributed by atoms with van der Waals surface area (Å²) in [4.78, 5) is 34.7. The molecule has 1 amide bonds. The predicted molar refractivity (Wildman–Crippen MR) is 192 cm³/mol. The minimum atomic E-state index is -0.554. The number of esters is 1. The normalized spacial score (nSPS) is 18.1. The van der Waals surface area contributed by atoms with Crippen LogP contribution in [0.5, 0.6) is 5.75 Å². The van der Waals surface area contributed by atoms with Crippen LogP contribution in [0.1, 0.15) is 77.1 Å². The molecule has 2 aliphatic rings. The van der Waals surface area contributed by atoms with E-state index in [1.54, 1.807) is 4.90 Å². The zero-order valence-electron chi connectivity index (χ0n) is 30.1. The molecule has 2 aliphatic heterocycles. The van der Waals surface area contributed by atoms with Crippen LogP contribution in [-0.2, 0) is 38.6 Å². The number of nitrogens with zero attached hydrogens (tertiary/aromatic N) is 3. The summed E-state index contributed by atoms with van der Waals surface area (Å²) in [7, 11) is 0. The van der Waals surface area contributed by atoms with Gasteiger partial charge in [-0.3, -0.25) is 4.79 Å². The number of benzene rings is 2. The van der Waals surface area contributed by atoms with E-state index in [1.165, 1.54) is 5.56 Å². The van der Waals surface area contributed by atoms with Gasteiger partial charge in [-0.25, -0.2) is 9.78 Å². The molecule has 0 unspecified atom stereocenters. The van der Waals surface area contributed by atoms with E-state index in [2.05, 4.69) is 24.0 Å². The molecule has 10 heteroatoms. The minimum Gasteiger partial charge on any atom is -0.487 e. The van der Waals surface area contributed by atoms with E-state index in [-0.39, 0.29) is 24.1 Å². The lowest BCUT2D eigenvalue weighted by atomic mass is 9.93. The van der Waals surface area contributed by atoms with E-state index in [9.17, 15) is 9.59 Å². The highest BCUT2D eigenvalue weighted by Crippen LogP contribution is 2.37. The second-order valence-corrected chi connectivity index (χ2v) is 15.3. The second-order valence-electron chi connectivity index (χ2n) is 14.9. The fourth-order valence-corrected chi connectivity index (χ4v) is 6.66. The Bertz CT molecular complexity index is 1660. The van der Waals surface area contributed by atoms with Gasteiger partial charge in [0.05, 0.1) is 22.7 Å². The molecule has 3 aromatic rings. The zero-order chi connectivity index (χ0) is 35.5. The molecule has 0 radical (unpaired) electrons. The van der Waals surface area contributed by atoms with Crippen molar-refractivity contribution in [3.8, 4) is 17.0 Å². The number of ether oxygens (including phenoxy) is 4. The first-order valence-corrected chi connectivity index (χ1v) is 17.6. The number of amides is 1. The second kappa shape index (κ2) is 15.0. The van der Waals surface area contributed by atoms with Crippen molar-refractivity contribution in [2.24, 2.45) is 5.92 Å². The van der Waals surface area contributed by atoms with Crippen molar-refractivity contribution in [1.82, 2.24) is 9.88 Å². The van der Waals surface area contributed by atoms with Crippen LogP contribution in [0.4, 0.5) is 10.6 Å². The third-order valence-electron chi connectivity index (χ3n) is 8.61. The average molecular weight is 692 g/mol. The van der Waals surface area contributed by atoms with Gasteiger partial charge >= 0.3 is 12.1 Å². The quantitative estimate of drug-likeness (QED) is 0.219. The molecule has 0 bridgehead atoms. The van der Waals surface area contributed by atoms with Gasteiger partial charge in [0.2, 0.25) is 0 Å². The van der Waals surface area contributed by atoms with Crippen molar-refractivity contribution in [3.63, 3.8) is 0 Å². The number of piperidine rings is 1. The number of aryl methyl sites for hydroxylation is 1. The van der Waals surface area contributed by atoms with Crippen LogP contribution in [0.2, 0.25) is 5.02 Å². The Kier molecular flexibility index (Phi) is 11.1. The predicted octanol–water partition coefficient (Wildman–Crippen LogP) is 8.16. The first kappa shape index (κ1) is 36.5. The number of para-hydroxylation sites is 1. The first-order valence-electron chi connectivity index (χ1n) is 17.2. The van der Waals surface area contributed by atoms with Crippen LogP contribution < -0.4 is 9.64 Å². The van der Waals surface area contributed by atoms with Crippen LogP contribution in [0, 0.1) is 12.8 Å². The number of rotatable bonds is 8. The van der Waals surface area contributed by atoms with Crippen molar-refractivity contribution in [1.29, 1.82) is 0 Å². The molecule has 0 spiro atoms. The van der Waals surface area contributed by atoms with Crippen molar-refractivity contribution < 1.29 is 28.5 Å². The van der Waals surface area contributed by atoms with Gasteiger partial charge in [-0.05, 0) is 115 Å². The zero-order valence-corrected chi connectivity index (χ0v) is 30.9. The molecular formula is C39H50ClN3O6. The topological polar surface area (TPSA) is 90.4 Å². The van der Waals surface area contributed by atoms with Crippen LogP contribution in [0.15, 0.2) is 48.5 Å². The number of anilines is 1. The summed E-state index contributed by atoms with van der Waals surface area (Å²) in [5, 5.41) is 0.502. The smallest absolute Gasteiger partial charge is 0.410 e. The van der Waals surface area contributed by atoms with Crippen LogP contribution in [0.25, 0.3) is 11.3 Å². The van der Waals surface area contributed by atoms with Crippen LogP contribution in [-0.4, -0.2) is 65.5 Å². The molecule has 1 aromatic heterocycles. The summed E-state index contributed by atoms with van der Waals surface area (Å²) in [5.74, 6) is 0.810. The van der Waals surface area contributed by atoms with Gasteiger partial charge in [-0.1, -0.05) is 35.9 Å². The molecule has 2 atom stereocenters. The number of hydrogen-bond acceptors (Lipinski definition) is 8. The maximum Gasteiger partial charge on any atom is 0.410 e.